The van der Waals surface area contributed by atoms with E-state index in [1.165, 1.54) is 11.8 Å². The highest BCUT2D eigenvalue weighted by Gasteiger charge is 2.15. The average molecular weight is 470 g/mol. The maximum Gasteiger partial charge on any atom is 0.251 e. The first-order valence-electron chi connectivity index (χ1n) is 10.4. The molecule has 0 saturated carbocycles. The topological polar surface area (TPSA) is 107 Å². The van der Waals surface area contributed by atoms with Gasteiger partial charge in [0.1, 0.15) is 11.5 Å². The number of aromatic nitrogens is 3. The van der Waals surface area contributed by atoms with Crippen molar-refractivity contribution in [2.24, 2.45) is 0 Å². The first-order valence-corrected chi connectivity index (χ1v) is 11.3. The third-order valence-corrected chi connectivity index (χ3v) is 5.80. The van der Waals surface area contributed by atoms with Gasteiger partial charge in [-0.25, -0.2) is 0 Å². The minimum absolute atomic E-state index is 0.160. The normalized spacial score (nSPS) is 10.5. The number of anilines is 1. The number of rotatable bonds is 10. The van der Waals surface area contributed by atoms with Crippen molar-refractivity contribution < 1.29 is 19.1 Å². The van der Waals surface area contributed by atoms with Crippen LogP contribution in [-0.2, 0) is 17.9 Å². The van der Waals surface area contributed by atoms with Gasteiger partial charge in [0.05, 0.1) is 32.2 Å². The molecule has 0 radical (unpaired) electrons. The lowest BCUT2D eigenvalue weighted by Crippen LogP contribution is -2.24. The molecule has 0 fully saturated rings. The van der Waals surface area contributed by atoms with E-state index in [9.17, 15) is 9.59 Å². The lowest BCUT2D eigenvalue weighted by molar-refractivity contribution is -0.113. The van der Waals surface area contributed by atoms with Crippen molar-refractivity contribution in [3.8, 4) is 11.5 Å². The number of amides is 2. The van der Waals surface area contributed by atoms with Crippen LogP contribution in [0.5, 0.6) is 11.5 Å². The standard InChI is InChI=1S/C23H27N5O4S/c1-5-28-20(13-24-22(30)16-7-9-17(31-3)10-8-16)26-27-23(28)33-14-21(29)25-18-12-15(2)6-11-19(18)32-4/h6-12H,5,13-14H2,1-4H3,(H,24,30)(H,25,29). The highest BCUT2D eigenvalue weighted by molar-refractivity contribution is 7.99. The molecule has 0 aliphatic rings. The molecule has 2 amide bonds. The molecule has 0 aliphatic heterocycles. The maximum atomic E-state index is 12.5. The van der Waals surface area contributed by atoms with E-state index >= 15 is 0 Å². The minimum Gasteiger partial charge on any atom is -0.497 e. The van der Waals surface area contributed by atoms with Crippen LogP contribution >= 0.6 is 11.8 Å². The molecule has 0 unspecified atom stereocenters. The summed E-state index contributed by atoms with van der Waals surface area (Å²) >= 11 is 1.28. The number of nitrogens with zero attached hydrogens (tertiary/aromatic N) is 3. The molecule has 0 bridgehead atoms. The van der Waals surface area contributed by atoms with E-state index < -0.39 is 0 Å². The molecule has 3 aromatic rings. The van der Waals surface area contributed by atoms with E-state index in [-0.39, 0.29) is 24.1 Å². The van der Waals surface area contributed by atoms with E-state index in [1.807, 2.05) is 36.6 Å². The summed E-state index contributed by atoms with van der Waals surface area (Å²) in [4.78, 5) is 24.9. The van der Waals surface area contributed by atoms with Gasteiger partial charge >= 0.3 is 0 Å². The van der Waals surface area contributed by atoms with E-state index in [0.29, 0.717) is 40.3 Å². The Kier molecular flexibility index (Phi) is 8.31. The summed E-state index contributed by atoms with van der Waals surface area (Å²) in [5.41, 5.74) is 2.17. The van der Waals surface area contributed by atoms with Crippen molar-refractivity contribution in [3.05, 3.63) is 59.4 Å². The first kappa shape index (κ1) is 24.1. The van der Waals surface area contributed by atoms with Gasteiger partial charge in [0.25, 0.3) is 5.91 Å². The quantitative estimate of drug-likeness (QED) is 0.439. The highest BCUT2D eigenvalue weighted by Crippen LogP contribution is 2.26. The first-order chi connectivity index (χ1) is 15.9. The zero-order chi connectivity index (χ0) is 23.8. The van der Waals surface area contributed by atoms with Crippen LogP contribution in [-0.4, -0.2) is 46.6 Å². The number of thioether (sulfide) groups is 1. The molecule has 33 heavy (non-hydrogen) atoms. The molecule has 0 saturated heterocycles. The van der Waals surface area contributed by atoms with Gasteiger partial charge in [-0.05, 0) is 55.8 Å². The van der Waals surface area contributed by atoms with Crippen LogP contribution < -0.4 is 20.1 Å². The zero-order valence-corrected chi connectivity index (χ0v) is 19.9. The summed E-state index contributed by atoms with van der Waals surface area (Å²) in [5.74, 6) is 1.66. The van der Waals surface area contributed by atoms with Crippen molar-refractivity contribution in [1.29, 1.82) is 0 Å². The second-order valence-corrected chi connectivity index (χ2v) is 8.04. The minimum atomic E-state index is -0.219. The third kappa shape index (κ3) is 6.26. The van der Waals surface area contributed by atoms with E-state index in [4.69, 9.17) is 9.47 Å². The molecule has 2 aromatic carbocycles. The molecule has 0 aliphatic carbocycles. The summed E-state index contributed by atoms with van der Waals surface area (Å²) in [6, 6.07) is 12.5. The lowest BCUT2D eigenvalue weighted by atomic mass is 10.2. The van der Waals surface area contributed by atoms with Crippen LogP contribution in [0.25, 0.3) is 0 Å². The molecule has 2 N–H and O–H groups in total. The Labute approximate surface area is 196 Å². The summed E-state index contributed by atoms with van der Waals surface area (Å²) < 4.78 is 12.3. The molecule has 174 valence electrons. The number of aryl methyl sites for hydroxylation is 1. The Morgan fingerprint density at radius 2 is 1.82 bits per heavy atom. The number of ether oxygens (including phenoxy) is 2. The molecular weight excluding hydrogens is 442 g/mol. The molecule has 3 rings (SSSR count). The van der Waals surface area contributed by atoms with E-state index in [1.54, 1.807) is 38.5 Å². The van der Waals surface area contributed by atoms with E-state index in [0.717, 1.165) is 5.56 Å². The monoisotopic (exact) mass is 469 g/mol. The highest BCUT2D eigenvalue weighted by atomic mass is 32.2. The van der Waals surface area contributed by atoms with Gasteiger partial charge in [0.15, 0.2) is 11.0 Å². The van der Waals surface area contributed by atoms with Gasteiger partial charge in [-0.2, -0.15) is 0 Å². The molecule has 0 atom stereocenters. The second-order valence-electron chi connectivity index (χ2n) is 7.09. The number of carbonyl (C=O) groups is 2. The van der Waals surface area contributed by atoms with Crippen LogP contribution in [0.4, 0.5) is 5.69 Å². The molecule has 10 heteroatoms. The van der Waals surface area contributed by atoms with Crippen molar-refractivity contribution >= 4 is 29.3 Å². The predicted molar refractivity (Wildman–Crippen MR) is 127 cm³/mol. The zero-order valence-electron chi connectivity index (χ0n) is 19.0. The third-order valence-electron chi connectivity index (χ3n) is 4.83. The predicted octanol–water partition coefficient (Wildman–Crippen LogP) is 3.28. The van der Waals surface area contributed by atoms with Crippen LogP contribution in [0.1, 0.15) is 28.7 Å². The molecular formula is C23H27N5O4S. The lowest BCUT2D eigenvalue weighted by Gasteiger charge is -2.11. The van der Waals surface area contributed by atoms with Crippen LogP contribution in [0, 0.1) is 6.92 Å². The number of hydrogen-bond acceptors (Lipinski definition) is 7. The summed E-state index contributed by atoms with van der Waals surface area (Å²) in [6.07, 6.45) is 0. The van der Waals surface area contributed by atoms with Crippen LogP contribution in [0.2, 0.25) is 0 Å². The van der Waals surface area contributed by atoms with Crippen LogP contribution in [0.15, 0.2) is 47.6 Å². The Morgan fingerprint density at radius 1 is 1.06 bits per heavy atom. The SMILES string of the molecule is CCn1c(CNC(=O)c2ccc(OC)cc2)nnc1SCC(=O)Nc1cc(C)ccc1OC. The summed E-state index contributed by atoms with van der Waals surface area (Å²) in [7, 11) is 3.14. The molecule has 0 spiro atoms. The van der Waals surface area contributed by atoms with Crippen LogP contribution in [0.3, 0.4) is 0 Å². The average Bonchev–Trinajstić information content (AvgIpc) is 3.23. The van der Waals surface area contributed by atoms with Crippen molar-refractivity contribution in [2.75, 3.05) is 25.3 Å². The Balaban J connectivity index is 1.58. The van der Waals surface area contributed by atoms with Gasteiger partial charge in [0, 0.05) is 12.1 Å². The van der Waals surface area contributed by atoms with Crippen molar-refractivity contribution in [2.45, 2.75) is 32.1 Å². The summed E-state index contributed by atoms with van der Waals surface area (Å²) in [5, 5.41) is 14.7. The number of carbonyl (C=O) groups excluding carboxylic acids is 2. The summed E-state index contributed by atoms with van der Waals surface area (Å²) in [6.45, 7) is 4.73. The Bertz CT molecular complexity index is 1110. The molecule has 1 heterocycles. The fraction of sp³-hybridized carbons (Fsp3) is 0.304. The van der Waals surface area contributed by atoms with Gasteiger partial charge in [-0.15, -0.1) is 10.2 Å². The Hall–Kier alpha value is -3.53. The van der Waals surface area contributed by atoms with Crippen molar-refractivity contribution in [3.63, 3.8) is 0 Å². The van der Waals surface area contributed by atoms with E-state index in [2.05, 4.69) is 20.8 Å². The number of nitrogens with one attached hydrogen (secondary N) is 2. The maximum absolute atomic E-state index is 12.5. The van der Waals surface area contributed by atoms with Crippen molar-refractivity contribution in [1.82, 2.24) is 20.1 Å². The second kappa shape index (κ2) is 11.4. The smallest absolute Gasteiger partial charge is 0.251 e. The van der Waals surface area contributed by atoms with Gasteiger partial charge in [-0.3, -0.25) is 9.59 Å². The fourth-order valence-corrected chi connectivity index (χ4v) is 3.94. The number of hydrogen-bond donors (Lipinski definition) is 2. The van der Waals surface area contributed by atoms with Gasteiger partial charge < -0.3 is 24.7 Å². The Morgan fingerprint density at radius 3 is 2.48 bits per heavy atom. The van der Waals surface area contributed by atoms with Gasteiger partial charge in [-0.1, -0.05) is 17.8 Å². The van der Waals surface area contributed by atoms with Gasteiger partial charge in [0.2, 0.25) is 5.91 Å². The number of benzene rings is 2. The largest absolute Gasteiger partial charge is 0.497 e. The molecule has 1 aromatic heterocycles. The fourth-order valence-electron chi connectivity index (χ4n) is 3.11. The molecule has 9 nitrogen and oxygen atoms in total. The number of methoxy groups -OCH3 is 2.